The normalized spacial score (nSPS) is 23.2. The van der Waals surface area contributed by atoms with E-state index in [2.05, 4.69) is 15.8 Å². The first kappa shape index (κ1) is 15.3. The number of nitrogens with zero attached hydrogens (tertiary/aromatic N) is 1. The highest BCUT2D eigenvalue weighted by Gasteiger charge is 2.57. The molecule has 1 amide bonds. The number of nitrogens with one attached hydrogen (secondary N) is 2. The highest BCUT2D eigenvalue weighted by molar-refractivity contribution is 5.85. The zero-order chi connectivity index (χ0) is 13.5. The maximum Gasteiger partial charge on any atom is 0.223 e. The van der Waals surface area contributed by atoms with Crippen LogP contribution in [0.15, 0.2) is 4.52 Å². The molecule has 0 aromatic carbocycles. The van der Waals surface area contributed by atoms with Crippen LogP contribution < -0.4 is 10.6 Å². The summed E-state index contributed by atoms with van der Waals surface area (Å²) in [5.41, 5.74) is 2.17. The molecule has 1 aliphatic heterocycles. The van der Waals surface area contributed by atoms with E-state index in [1.165, 1.54) is 0 Å². The van der Waals surface area contributed by atoms with Gasteiger partial charge in [-0.05, 0) is 51.6 Å². The molecule has 3 rings (SSSR count). The summed E-state index contributed by atoms with van der Waals surface area (Å²) in [5, 5.41) is 10.3. The number of hydrogen-bond acceptors (Lipinski definition) is 4. The molecule has 1 aliphatic carbocycles. The lowest BCUT2D eigenvalue weighted by molar-refractivity contribution is -0.123. The molecule has 1 aromatic heterocycles. The zero-order valence-electron chi connectivity index (χ0n) is 12.0. The molecule has 20 heavy (non-hydrogen) atoms. The van der Waals surface area contributed by atoms with E-state index in [0.717, 1.165) is 49.4 Å². The van der Waals surface area contributed by atoms with E-state index in [4.69, 9.17) is 4.52 Å². The molecule has 1 atom stereocenters. The van der Waals surface area contributed by atoms with Crippen LogP contribution in [0.2, 0.25) is 0 Å². The molecule has 1 spiro atoms. The molecule has 1 unspecified atom stereocenters. The fourth-order valence-electron chi connectivity index (χ4n) is 3.25. The lowest BCUT2D eigenvalue weighted by Crippen LogP contribution is -2.33. The molecule has 1 aromatic rings. The summed E-state index contributed by atoms with van der Waals surface area (Å²) in [5.74, 6) is 1.21. The van der Waals surface area contributed by atoms with Gasteiger partial charge in [0, 0.05) is 18.0 Å². The summed E-state index contributed by atoms with van der Waals surface area (Å²) < 4.78 is 5.10. The van der Waals surface area contributed by atoms with Gasteiger partial charge in [0.05, 0.1) is 5.69 Å². The third kappa shape index (κ3) is 2.69. The molecule has 6 heteroatoms. The Morgan fingerprint density at radius 1 is 1.45 bits per heavy atom. The Hall–Kier alpha value is -1.07. The number of carbonyl (C=O) groups is 1. The summed E-state index contributed by atoms with van der Waals surface area (Å²) >= 11 is 0. The first-order valence-corrected chi connectivity index (χ1v) is 7.02. The fourth-order valence-corrected chi connectivity index (χ4v) is 3.25. The van der Waals surface area contributed by atoms with Crippen LogP contribution in [0.4, 0.5) is 0 Å². The molecule has 112 valence electrons. The number of amides is 1. The van der Waals surface area contributed by atoms with Crippen LogP contribution in [0.5, 0.6) is 0 Å². The average Bonchev–Trinajstić information content (AvgIpc) is 3.00. The topological polar surface area (TPSA) is 67.2 Å². The molecule has 1 saturated heterocycles. The van der Waals surface area contributed by atoms with Gasteiger partial charge in [-0.15, -0.1) is 12.4 Å². The van der Waals surface area contributed by atoms with Gasteiger partial charge in [0.25, 0.3) is 0 Å². The van der Waals surface area contributed by atoms with Crippen molar-refractivity contribution in [2.45, 2.75) is 39.7 Å². The monoisotopic (exact) mass is 299 g/mol. The molecule has 0 bridgehead atoms. The van der Waals surface area contributed by atoms with E-state index in [9.17, 15) is 4.79 Å². The van der Waals surface area contributed by atoms with E-state index in [-0.39, 0.29) is 24.2 Å². The van der Waals surface area contributed by atoms with Gasteiger partial charge in [0.2, 0.25) is 5.91 Å². The van der Waals surface area contributed by atoms with Crippen molar-refractivity contribution in [2.24, 2.45) is 11.3 Å². The highest BCUT2D eigenvalue weighted by atomic mass is 35.5. The van der Waals surface area contributed by atoms with Crippen molar-refractivity contribution in [3.63, 3.8) is 0 Å². The Balaban J connectivity index is 0.00000147. The lowest BCUT2D eigenvalue weighted by atomic mass is 9.92. The van der Waals surface area contributed by atoms with Crippen molar-refractivity contribution in [3.8, 4) is 0 Å². The van der Waals surface area contributed by atoms with Crippen LogP contribution in [0.1, 0.15) is 36.3 Å². The van der Waals surface area contributed by atoms with Crippen LogP contribution >= 0.6 is 12.4 Å². The average molecular weight is 300 g/mol. The predicted octanol–water partition coefficient (Wildman–Crippen LogP) is 1.72. The molecule has 1 saturated carbocycles. The summed E-state index contributed by atoms with van der Waals surface area (Å²) in [6.45, 7) is 6.42. The van der Waals surface area contributed by atoms with Gasteiger partial charge in [0.1, 0.15) is 5.76 Å². The minimum absolute atomic E-state index is 0. The van der Waals surface area contributed by atoms with Gasteiger partial charge < -0.3 is 15.2 Å². The number of carbonyl (C=O) groups excluding carboxylic acids is 1. The Bertz CT molecular complexity index is 475. The Labute approximate surface area is 125 Å². The van der Waals surface area contributed by atoms with E-state index in [1.807, 2.05) is 13.8 Å². The summed E-state index contributed by atoms with van der Waals surface area (Å²) in [4.78, 5) is 12.2. The first-order valence-electron chi connectivity index (χ1n) is 7.02. The van der Waals surface area contributed by atoms with Crippen molar-refractivity contribution in [3.05, 3.63) is 17.0 Å². The molecule has 2 heterocycles. The largest absolute Gasteiger partial charge is 0.361 e. The SMILES string of the molecule is Cc1noc(C)c1CNC(=O)C1CC12CCNCC2.Cl. The third-order valence-electron chi connectivity index (χ3n) is 4.73. The lowest BCUT2D eigenvalue weighted by Gasteiger charge is -2.23. The van der Waals surface area contributed by atoms with Gasteiger partial charge in [0.15, 0.2) is 0 Å². The number of halogens is 1. The Kier molecular flexibility index (Phi) is 4.39. The minimum atomic E-state index is 0. The maximum atomic E-state index is 12.2. The molecule has 2 fully saturated rings. The van der Waals surface area contributed by atoms with Gasteiger partial charge in [-0.1, -0.05) is 5.16 Å². The van der Waals surface area contributed by atoms with Crippen LogP contribution in [-0.2, 0) is 11.3 Å². The van der Waals surface area contributed by atoms with Crippen molar-refractivity contribution in [2.75, 3.05) is 13.1 Å². The van der Waals surface area contributed by atoms with E-state index in [1.54, 1.807) is 0 Å². The zero-order valence-corrected chi connectivity index (χ0v) is 12.8. The van der Waals surface area contributed by atoms with Crippen LogP contribution in [-0.4, -0.2) is 24.2 Å². The molecule has 5 nitrogen and oxygen atoms in total. The summed E-state index contributed by atoms with van der Waals surface area (Å²) in [6.07, 6.45) is 3.33. The van der Waals surface area contributed by atoms with Gasteiger partial charge in [-0.2, -0.15) is 0 Å². The quantitative estimate of drug-likeness (QED) is 0.892. The summed E-state index contributed by atoms with van der Waals surface area (Å²) in [6, 6.07) is 0. The number of piperidine rings is 1. The second-order valence-electron chi connectivity index (χ2n) is 5.89. The van der Waals surface area contributed by atoms with E-state index < -0.39 is 0 Å². The third-order valence-corrected chi connectivity index (χ3v) is 4.73. The Morgan fingerprint density at radius 2 is 2.15 bits per heavy atom. The molecule has 0 radical (unpaired) electrons. The van der Waals surface area contributed by atoms with Gasteiger partial charge in [-0.25, -0.2) is 0 Å². The molecular formula is C14H22ClN3O2. The predicted molar refractivity (Wildman–Crippen MR) is 77.7 cm³/mol. The first-order chi connectivity index (χ1) is 9.12. The number of hydrogen-bond donors (Lipinski definition) is 2. The summed E-state index contributed by atoms with van der Waals surface area (Å²) in [7, 11) is 0. The second kappa shape index (κ2) is 5.74. The standard InChI is InChI=1S/C14H21N3O2.ClH/c1-9-11(10(2)19-17-9)8-16-13(18)12-7-14(12)3-5-15-6-4-14;/h12,15H,3-8H2,1-2H3,(H,16,18);1H. The van der Waals surface area contributed by atoms with Crippen LogP contribution in [0.3, 0.4) is 0 Å². The number of aryl methyl sites for hydroxylation is 2. The van der Waals surface area contributed by atoms with Gasteiger partial charge in [-0.3, -0.25) is 4.79 Å². The van der Waals surface area contributed by atoms with Crippen molar-refractivity contribution < 1.29 is 9.32 Å². The second-order valence-corrected chi connectivity index (χ2v) is 5.89. The van der Waals surface area contributed by atoms with Crippen LogP contribution in [0, 0.1) is 25.2 Å². The number of rotatable bonds is 3. The Morgan fingerprint density at radius 3 is 2.75 bits per heavy atom. The molecule has 2 aliphatic rings. The highest BCUT2D eigenvalue weighted by Crippen LogP contribution is 2.58. The van der Waals surface area contributed by atoms with Crippen LogP contribution in [0.25, 0.3) is 0 Å². The molecular weight excluding hydrogens is 278 g/mol. The van der Waals surface area contributed by atoms with Crippen molar-refractivity contribution in [1.29, 1.82) is 0 Å². The fraction of sp³-hybridized carbons (Fsp3) is 0.714. The van der Waals surface area contributed by atoms with Crippen molar-refractivity contribution in [1.82, 2.24) is 15.8 Å². The van der Waals surface area contributed by atoms with E-state index in [0.29, 0.717) is 12.0 Å². The molecule has 2 N–H and O–H groups in total. The van der Waals surface area contributed by atoms with Gasteiger partial charge >= 0.3 is 0 Å². The maximum absolute atomic E-state index is 12.2. The van der Waals surface area contributed by atoms with Crippen molar-refractivity contribution >= 4 is 18.3 Å². The number of aromatic nitrogens is 1. The van der Waals surface area contributed by atoms with E-state index >= 15 is 0 Å². The smallest absolute Gasteiger partial charge is 0.223 e. The minimum Gasteiger partial charge on any atom is -0.361 e.